The number of amides is 2. The van der Waals surface area contributed by atoms with Crippen molar-refractivity contribution in [3.05, 3.63) is 41.9 Å². The minimum atomic E-state index is -0.922. The Bertz CT molecular complexity index is 1090. The molecule has 0 spiro atoms. The smallest absolute Gasteiger partial charge is 0.408 e. The number of carbonyl (C=O) groups is 2. The largest absolute Gasteiger partial charge is 0.444 e. The van der Waals surface area contributed by atoms with Crippen LogP contribution in [0.15, 0.2) is 41.9 Å². The first-order valence-corrected chi connectivity index (χ1v) is 10.9. The number of rotatable bonds is 7. The second-order valence-corrected chi connectivity index (χ2v) is 8.99. The van der Waals surface area contributed by atoms with Gasteiger partial charge in [0.1, 0.15) is 11.6 Å². The molecule has 0 fully saturated rings. The zero-order valence-electron chi connectivity index (χ0n) is 18.7. The van der Waals surface area contributed by atoms with Crippen molar-refractivity contribution in [1.29, 1.82) is 0 Å². The van der Waals surface area contributed by atoms with Crippen molar-refractivity contribution in [3.63, 3.8) is 0 Å². The Labute approximate surface area is 190 Å². The summed E-state index contributed by atoms with van der Waals surface area (Å²) in [7, 11) is 3.32. The molecule has 0 aliphatic rings. The molecule has 9 nitrogen and oxygen atoms in total. The molecule has 0 aliphatic carbocycles. The van der Waals surface area contributed by atoms with E-state index in [1.54, 1.807) is 25.5 Å². The van der Waals surface area contributed by atoms with Crippen LogP contribution in [0.5, 0.6) is 0 Å². The van der Waals surface area contributed by atoms with Crippen LogP contribution in [0.2, 0.25) is 0 Å². The van der Waals surface area contributed by atoms with E-state index >= 15 is 0 Å². The molecule has 32 heavy (non-hydrogen) atoms. The van der Waals surface area contributed by atoms with Crippen LogP contribution in [0, 0.1) is 0 Å². The molecule has 3 aromatic rings. The average molecular weight is 458 g/mol. The van der Waals surface area contributed by atoms with E-state index in [4.69, 9.17) is 9.47 Å². The molecule has 1 atom stereocenters. The lowest BCUT2D eigenvalue weighted by Crippen LogP contribution is -2.48. The number of nitrogens with one attached hydrogen (secondary N) is 2. The highest BCUT2D eigenvalue weighted by Crippen LogP contribution is 2.28. The summed E-state index contributed by atoms with van der Waals surface area (Å²) in [6, 6.07) is 8.90. The van der Waals surface area contributed by atoms with Gasteiger partial charge in [0, 0.05) is 36.9 Å². The molecule has 0 unspecified atom stereocenters. The number of alkyl carbamates (subject to hydrolysis) is 1. The van der Waals surface area contributed by atoms with E-state index in [0.29, 0.717) is 5.13 Å². The van der Waals surface area contributed by atoms with Gasteiger partial charge >= 0.3 is 6.09 Å². The van der Waals surface area contributed by atoms with E-state index in [1.807, 2.05) is 49.0 Å². The van der Waals surface area contributed by atoms with E-state index in [1.165, 1.54) is 18.4 Å². The monoisotopic (exact) mass is 457 g/mol. The lowest BCUT2D eigenvalue weighted by atomic mass is 10.1. The van der Waals surface area contributed by atoms with Crippen molar-refractivity contribution in [2.45, 2.75) is 32.4 Å². The maximum absolute atomic E-state index is 12.7. The predicted octanol–water partition coefficient (Wildman–Crippen LogP) is 3.69. The molecule has 170 valence electrons. The SMILES string of the molecule is COC[C@H](NC(=O)OC(C)(C)C)C(=O)Nc1nc(-c2cccc(-c3ccn(C)n3)c2)cs1. The van der Waals surface area contributed by atoms with Crippen LogP contribution in [0.4, 0.5) is 9.93 Å². The molecule has 2 N–H and O–H groups in total. The number of anilines is 1. The van der Waals surface area contributed by atoms with Gasteiger partial charge in [-0.3, -0.25) is 9.48 Å². The fourth-order valence-corrected chi connectivity index (χ4v) is 3.59. The van der Waals surface area contributed by atoms with Crippen LogP contribution in [0.25, 0.3) is 22.5 Å². The summed E-state index contributed by atoms with van der Waals surface area (Å²) in [6.07, 6.45) is 1.20. The Kier molecular flexibility index (Phi) is 7.26. The van der Waals surface area contributed by atoms with Gasteiger partial charge in [-0.15, -0.1) is 11.3 Å². The first-order chi connectivity index (χ1) is 15.1. The summed E-state index contributed by atoms with van der Waals surface area (Å²) in [6.45, 7) is 5.24. The molecule has 2 aromatic heterocycles. The van der Waals surface area contributed by atoms with Gasteiger partial charge in [0.15, 0.2) is 5.13 Å². The Balaban J connectivity index is 1.69. The van der Waals surface area contributed by atoms with Crippen molar-refractivity contribution in [3.8, 4) is 22.5 Å². The Morgan fingerprint density at radius 2 is 1.91 bits per heavy atom. The highest BCUT2D eigenvalue weighted by molar-refractivity contribution is 7.14. The number of methoxy groups -OCH3 is 1. The first kappa shape index (κ1) is 23.4. The molecular formula is C22H27N5O4S. The zero-order chi connectivity index (χ0) is 23.3. The molecule has 0 aliphatic heterocycles. The molecule has 3 rings (SSSR count). The van der Waals surface area contributed by atoms with Gasteiger partial charge in [-0.25, -0.2) is 9.78 Å². The maximum atomic E-state index is 12.7. The first-order valence-electron chi connectivity index (χ1n) is 10.00. The molecule has 2 heterocycles. The predicted molar refractivity (Wildman–Crippen MR) is 123 cm³/mol. The van der Waals surface area contributed by atoms with Crippen molar-refractivity contribution >= 4 is 28.5 Å². The lowest BCUT2D eigenvalue weighted by Gasteiger charge is -2.22. The third-order valence-corrected chi connectivity index (χ3v) is 5.00. The van der Waals surface area contributed by atoms with Crippen LogP contribution in [0.1, 0.15) is 20.8 Å². The molecule has 0 saturated carbocycles. The normalized spacial score (nSPS) is 12.3. The van der Waals surface area contributed by atoms with Gasteiger partial charge in [-0.1, -0.05) is 18.2 Å². The number of aryl methyl sites for hydroxylation is 1. The van der Waals surface area contributed by atoms with Crippen LogP contribution in [-0.4, -0.2) is 52.1 Å². The Morgan fingerprint density at radius 1 is 1.19 bits per heavy atom. The van der Waals surface area contributed by atoms with Crippen LogP contribution < -0.4 is 10.6 Å². The molecule has 10 heteroatoms. The molecule has 0 saturated heterocycles. The van der Waals surface area contributed by atoms with Crippen LogP contribution >= 0.6 is 11.3 Å². The summed E-state index contributed by atoms with van der Waals surface area (Å²) in [5.74, 6) is -0.444. The van der Waals surface area contributed by atoms with Crippen molar-refractivity contribution in [2.24, 2.45) is 7.05 Å². The molecule has 0 radical (unpaired) electrons. The molecule has 2 amide bonds. The number of benzene rings is 1. The van der Waals surface area contributed by atoms with E-state index in [0.717, 1.165) is 22.5 Å². The van der Waals surface area contributed by atoms with Crippen molar-refractivity contribution in [2.75, 3.05) is 19.0 Å². The average Bonchev–Trinajstić information content (AvgIpc) is 3.35. The fraction of sp³-hybridized carbons (Fsp3) is 0.364. The quantitative estimate of drug-likeness (QED) is 0.560. The van der Waals surface area contributed by atoms with Crippen LogP contribution in [-0.2, 0) is 21.3 Å². The maximum Gasteiger partial charge on any atom is 0.408 e. The second kappa shape index (κ2) is 9.92. The summed E-state index contributed by atoms with van der Waals surface area (Å²) in [4.78, 5) is 29.3. The molecule has 1 aromatic carbocycles. The molecular weight excluding hydrogens is 430 g/mol. The van der Waals surface area contributed by atoms with E-state index in [2.05, 4.69) is 20.7 Å². The second-order valence-electron chi connectivity index (χ2n) is 8.14. The van der Waals surface area contributed by atoms with Gasteiger partial charge in [0.25, 0.3) is 5.91 Å². The summed E-state index contributed by atoms with van der Waals surface area (Å²) >= 11 is 1.30. The fourth-order valence-electron chi connectivity index (χ4n) is 2.86. The summed E-state index contributed by atoms with van der Waals surface area (Å²) in [5.41, 5.74) is 2.81. The zero-order valence-corrected chi connectivity index (χ0v) is 19.5. The number of ether oxygens (including phenoxy) is 2. The van der Waals surface area contributed by atoms with Gasteiger partial charge in [0.2, 0.25) is 0 Å². The Hall–Kier alpha value is -3.24. The topological polar surface area (TPSA) is 107 Å². The van der Waals surface area contributed by atoms with Gasteiger partial charge in [-0.2, -0.15) is 5.10 Å². The summed E-state index contributed by atoms with van der Waals surface area (Å²) in [5, 5.41) is 12.0. The Morgan fingerprint density at radius 3 is 2.53 bits per heavy atom. The number of aromatic nitrogens is 3. The van der Waals surface area contributed by atoms with Gasteiger partial charge < -0.3 is 20.1 Å². The highest BCUT2D eigenvalue weighted by atomic mass is 32.1. The number of nitrogens with zero attached hydrogens (tertiary/aromatic N) is 3. The van der Waals surface area contributed by atoms with Crippen molar-refractivity contribution < 1.29 is 19.1 Å². The highest BCUT2D eigenvalue weighted by Gasteiger charge is 2.25. The number of thiazole rings is 1. The van der Waals surface area contributed by atoms with Crippen LogP contribution in [0.3, 0.4) is 0 Å². The van der Waals surface area contributed by atoms with E-state index < -0.39 is 23.6 Å². The number of carbonyl (C=O) groups excluding carboxylic acids is 2. The molecule has 0 bridgehead atoms. The third kappa shape index (κ3) is 6.38. The lowest BCUT2D eigenvalue weighted by molar-refractivity contribution is -0.119. The standard InChI is InChI=1S/C22H27N5O4S/c1-22(2,3)31-21(29)24-17(12-30-5)19(28)25-20-23-18(13-32-20)15-8-6-7-14(11-15)16-9-10-27(4)26-16/h6-11,13,17H,12H2,1-5H3,(H,24,29)(H,23,25,28)/t17-/m0/s1. The summed E-state index contributed by atoms with van der Waals surface area (Å²) < 4.78 is 12.0. The van der Waals surface area contributed by atoms with E-state index in [9.17, 15) is 9.59 Å². The number of hydrogen-bond acceptors (Lipinski definition) is 7. The van der Waals surface area contributed by atoms with Crippen molar-refractivity contribution in [1.82, 2.24) is 20.1 Å². The number of hydrogen-bond donors (Lipinski definition) is 2. The minimum Gasteiger partial charge on any atom is -0.444 e. The van der Waals surface area contributed by atoms with E-state index in [-0.39, 0.29) is 6.61 Å². The third-order valence-electron chi connectivity index (χ3n) is 4.24. The van der Waals surface area contributed by atoms with Gasteiger partial charge in [0.05, 0.1) is 18.0 Å². The van der Waals surface area contributed by atoms with Gasteiger partial charge in [-0.05, 0) is 32.9 Å². The minimum absolute atomic E-state index is 0.00453.